The highest BCUT2D eigenvalue weighted by Crippen LogP contribution is 2.34. The molecule has 2 amide bonds. The maximum atomic E-state index is 12.1. The van der Waals surface area contributed by atoms with Crippen LogP contribution in [0.4, 0.5) is 23.0 Å². The summed E-state index contributed by atoms with van der Waals surface area (Å²) in [5.41, 5.74) is 6.95. The van der Waals surface area contributed by atoms with Gasteiger partial charge in [-0.15, -0.1) is 0 Å². The summed E-state index contributed by atoms with van der Waals surface area (Å²) in [6.07, 6.45) is 6.83. The van der Waals surface area contributed by atoms with Gasteiger partial charge < -0.3 is 16.0 Å². The third kappa shape index (κ3) is 4.17. The van der Waals surface area contributed by atoms with E-state index in [9.17, 15) is 9.59 Å². The second-order valence-corrected chi connectivity index (χ2v) is 6.25. The number of nitrogen functional groups attached to an aromatic ring is 1. The molecule has 9 nitrogen and oxygen atoms in total. The minimum absolute atomic E-state index is 0.0493. The fourth-order valence-electron chi connectivity index (χ4n) is 3.13. The molecule has 0 spiro atoms. The van der Waals surface area contributed by atoms with Crippen LogP contribution in [0.5, 0.6) is 0 Å². The number of hydrogen-bond donors (Lipinski definition) is 2. The normalized spacial score (nSPS) is 15.9. The molecule has 0 unspecified atom stereocenters. The lowest BCUT2D eigenvalue weighted by Crippen LogP contribution is -2.45. The Hall–Kier alpha value is -3.67. The molecule has 1 fully saturated rings. The minimum Gasteiger partial charge on any atom is -0.382 e. The molecule has 0 aliphatic carbocycles. The van der Waals surface area contributed by atoms with Crippen LogP contribution in [0.2, 0.25) is 0 Å². The van der Waals surface area contributed by atoms with Gasteiger partial charge in [0.25, 0.3) is 5.91 Å². The molecule has 144 valence electrons. The van der Waals surface area contributed by atoms with Crippen molar-refractivity contribution in [3.63, 3.8) is 0 Å². The number of amides is 2. The third-order valence-electron chi connectivity index (χ3n) is 4.40. The second kappa shape index (κ2) is 8.81. The molecular weight excluding hydrogens is 358 g/mol. The largest absolute Gasteiger partial charge is 0.382 e. The first-order valence-electron chi connectivity index (χ1n) is 8.87. The number of nitrogens with two attached hydrogens (primary N) is 1. The van der Waals surface area contributed by atoms with Crippen molar-refractivity contribution in [1.29, 1.82) is 0 Å². The van der Waals surface area contributed by atoms with Crippen LogP contribution in [0, 0.1) is 11.8 Å². The van der Waals surface area contributed by atoms with E-state index in [4.69, 9.17) is 5.73 Å². The lowest BCUT2D eigenvalue weighted by atomic mass is 10.1. The maximum Gasteiger partial charge on any atom is 0.298 e. The Kier molecular flexibility index (Phi) is 6.01. The zero-order valence-corrected chi connectivity index (χ0v) is 15.5. The first-order chi connectivity index (χ1) is 13.6. The van der Waals surface area contributed by atoms with E-state index in [1.165, 1.54) is 11.2 Å². The lowest BCUT2D eigenvalue weighted by Gasteiger charge is -2.33. The van der Waals surface area contributed by atoms with Crippen molar-refractivity contribution in [1.82, 2.24) is 19.9 Å². The van der Waals surface area contributed by atoms with E-state index in [0.29, 0.717) is 36.7 Å². The van der Waals surface area contributed by atoms with Gasteiger partial charge in [-0.25, -0.2) is 9.97 Å². The van der Waals surface area contributed by atoms with Crippen molar-refractivity contribution in [2.45, 2.75) is 25.8 Å². The molecule has 1 aliphatic heterocycles. The summed E-state index contributed by atoms with van der Waals surface area (Å²) in [6.45, 7) is 2.80. The van der Waals surface area contributed by atoms with Crippen molar-refractivity contribution in [2.24, 2.45) is 0 Å². The van der Waals surface area contributed by atoms with E-state index in [1.54, 1.807) is 36.4 Å². The third-order valence-corrected chi connectivity index (χ3v) is 4.40. The number of aromatic nitrogens is 3. The molecule has 3 heterocycles. The Balaban J connectivity index is 1.87. The number of pyridine rings is 1. The molecule has 1 aliphatic rings. The number of hydrogen-bond acceptors (Lipinski definition) is 7. The van der Waals surface area contributed by atoms with Crippen LogP contribution >= 0.6 is 0 Å². The summed E-state index contributed by atoms with van der Waals surface area (Å²) in [5.74, 6) is 5.60. The molecule has 2 aromatic rings. The highest BCUT2D eigenvalue weighted by atomic mass is 16.2. The summed E-state index contributed by atoms with van der Waals surface area (Å²) in [5, 5.41) is 3.31. The van der Waals surface area contributed by atoms with Gasteiger partial charge in [0.1, 0.15) is 12.0 Å². The fraction of sp³-hybridized carbons (Fsp3) is 0.316. The van der Waals surface area contributed by atoms with Crippen molar-refractivity contribution < 1.29 is 9.59 Å². The van der Waals surface area contributed by atoms with Crippen LogP contribution in [0.1, 0.15) is 19.8 Å². The van der Waals surface area contributed by atoms with E-state index >= 15 is 0 Å². The number of carbonyl (C=O) groups is 2. The van der Waals surface area contributed by atoms with Crippen molar-refractivity contribution in [3.05, 3.63) is 30.9 Å². The molecule has 3 N–H and O–H groups in total. The Morgan fingerprint density at radius 2 is 2.32 bits per heavy atom. The monoisotopic (exact) mass is 379 g/mol. The van der Waals surface area contributed by atoms with Gasteiger partial charge in [-0.2, -0.15) is 0 Å². The van der Waals surface area contributed by atoms with E-state index in [2.05, 4.69) is 32.1 Å². The first-order valence-corrected chi connectivity index (χ1v) is 8.87. The standard InChI is InChI=1S/C19H21N7O2/c1-2-5-16(28)25-9-4-6-14(11-25)24-19-17(18(20)22-12-23-19)26(13-27)15-7-3-8-21-10-15/h3,7-8,10,12-14H,4,6,9,11H2,1H3,(H3,20,22,23,24)/t14-/m1/s1. The molecule has 2 aromatic heterocycles. The van der Waals surface area contributed by atoms with Crippen LogP contribution in [0.25, 0.3) is 0 Å². The number of rotatable bonds is 5. The molecule has 1 saturated heterocycles. The van der Waals surface area contributed by atoms with Gasteiger partial charge in [0.05, 0.1) is 11.9 Å². The van der Waals surface area contributed by atoms with Gasteiger partial charge in [0.2, 0.25) is 6.41 Å². The fourth-order valence-corrected chi connectivity index (χ4v) is 3.13. The smallest absolute Gasteiger partial charge is 0.298 e. The Morgan fingerprint density at radius 3 is 3.04 bits per heavy atom. The summed E-state index contributed by atoms with van der Waals surface area (Å²) < 4.78 is 0. The van der Waals surface area contributed by atoms with Gasteiger partial charge >= 0.3 is 0 Å². The van der Waals surface area contributed by atoms with Gasteiger partial charge in [0.15, 0.2) is 11.6 Å². The van der Waals surface area contributed by atoms with Crippen LogP contribution < -0.4 is 16.0 Å². The average molecular weight is 379 g/mol. The van der Waals surface area contributed by atoms with Gasteiger partial charge in [-0.3, -0.25) is 19.5 Å². The zero-order valence-electron chi connectivity index (χ0n) is 15.5. The summed E-state index contributed by atoms with van der Waals surface area (Å²) >= 11 is 0. The molecule has 1 atom stereocenters. The molecule has 28 heavy (non-hydrogen) atoms. The van der Waals surface area contributed by atoms with Crippen LogP contribution in [-0.2, 0) is 9.59 Å². The first kappa shape index (κ1) is 19.1. The van der Waals surface area contributed by atoms with Crippen molar-refractivity contribution >= 4 is 35.3 Å². The average Bonchev–Trinajstić information content (AvgIpc) is 2.72. The Morgan fingerprint density at radius 1 is 1.46 bits per heavy atom. The number of carbonyl (C=O) groups excluding carboxylic acids is 2. The highest BCUT2D eigenvalue weighted by molar-refractivity contribution is 5.95. The predicted molar refractivity (Wildman–Crippen MR) is 106 cm³/mol. The molecule has 0 aromatic carbocycles. The summed E-state index contributed by atoms with van der Waals surface area (Å²) in [6, 6.07) is 3.41. The van der Waals surface area contributed by atoms with E-state index in [-0.39, 0.29) is 17.8 Å². The van der Waals surface area contributed by atoms with Crippen LogP contribution in [-0.4, -0.2) is 51.3 Å². The van der Waals surface area contributed by atoms with Gasteiger partial charge in [-0.05, 0) is 37.8 Å². The Labute approximate surface area is 163 Å². The topological polar surface area (TPSA) is 117 Å². The molecule has 0 bridgehead atoms. The number of anilines is 4. The zero-order chi connectivity index (χ0) is 19.9. The molecule has 9 heteroatoms. The number of piperidine rings is 1. The predicted octanol–water partition coefficient (Wildman–Crippen LogP) is 1.17. The number of likely N-dealkylation sites (tertiary alicyclic amines) is 1. The van der Waals surface area contributed by atoms with Crippen molar-refractivity contribution in [3.8, 4) is 11.8 Å². The maximum absolute atomic E-state index is 12.1. The molecule has 0 radical (unpaired) electrons. The molecule has 3 rings (SSSR count). The van der Waals surface area contributed by atoms with Gasteiger partial charge in [0, 0.05) is 25.3 Å². The SMILES string of the molecule is CC#CC(=O)N1CCC[C@@H](Nc2ncnc(N)c2N(C=O)c2cccnc2)C1. The second-order valence-electron chi connectivity index (χ2n) is 6.25. The molecular formula is C19H21N7O2. The van der Waals surface area contributed by atoms with Crippen molar-refractivity contribution in [2.75, 3.05) is 29.0 Å². The minimum atomic E-state index is -0.193. The highest BCUT2D eigenvalue weighted by Gasteiger charge is 2.26. The Bertz CT molecular complexity index is 907. The quantitative estimate of drug-likeness (QED) is 0.591. The van der Waals surface area contributed by atoms with E-state index < -0.39 is 0 Å². The molecule has 0 saturated carbocycles. The number of nitrogens with one attached hydrogen (secondary N) is 1. The van der Waals surface area contributed by atoms with Crippen LogP contribution in [0.3, 0.4) is 0 Å². The van der Waals surface area contributed by atoms with E-state index in [1.807, 2.05) is 0 Å². The van der Waals surface area contributed by atoms with Gasteiger partial charge in [-0.1, -0.05) is 5.92 Å². The summed E-state index contributed by atoms with van der Waals surface area (Å²) in [7, 11) is 0. The summed E-state index contributed by atoms with van der Waals surface area (Å²) in [4.78, 5) is 39.3. The van der Waals surface area contributed by atoms with E-state index in [0.717, 1.165) is 12.8 Å². The number of nitrogens with zero attached hydrogens (tertiary/aromatic N) is 5. The van der Waals surface area contributed by atoms with Crippen LogP contribution in [0.15, 0.2) is 30.9 Å². The lowest BCUT2D eigenvalue weighted by molar-refractivity contribution is -0.126.